The van der Waals surface area contributed by atoms with E-state index in [-0.39, 0.29) is 0 Å². The maximum Gasteiger partial charge on any atom is 0.326 e. The zero-order valence-corrected chi connectivity index (χ0v) is 5.26. The van der Waals surface area contributed by atoms with Crippen molar-refractivity contribution in [3.63, 3.8) is 0 Å². The average molecular weight is 144 g/mol. The van der Waals surface area contributed by atoms with Gasteiger partial charge < -0.3 is 9.90 Å². The third-order valence-electron chi connectivity index (χ3n) is 0.715. The van der Waals surface area contributed by atoms with Gasteiger partial charge in [-0.15, -0.1) is 0 Å². The zero-order chi connectivity index (χ0) is 6.69. The number of rotatable bonds is 0. The average Bonchev–Trinajstić information content (AvgIpc) is 1.90. The minimum Gasteiger partial charge on any atom is -0.501 e. The molecule has 1 aliphatic rings. The molecule has 1 unspecified atom stereocenters. The molecule has 0 bridgehead atoms. The van der Waals surface area contributed by atoms with Crippen LogP contribution in [-0.4, -0.2) is 5.30 Å². The summed E-state index contributed by atoms with van der Waals surface area (Å²) in [5.41, 5.74) is 0. The summed E-state index contributed by atoms with van der Waals surface area (Å²) in [5.74, 6) is 0. The summed E-state index contributed by atoms with van der Waals surface area (Å²) >= 11 is -1.16. The fraction of sp³-hybridized carbons (Fsp3) is 0. The second kappa shape index (κ2) is 2.59. The van der Waals surface area contributed by atoms with Gasteiger partial charge in [-0.1, -0.05) is 0 Å². The van der Waals surface area contributed by atoms with Crippen LogP contribution in [0.15, 0.2) is 23.8 Å². The van der Waals surface area contributed by atoms with Gasteiger partial charge >= 0.3 is 5.30 Å². The number of carboxylic acid groups (broad SMARTS) is 1. The molecule has 0 saturated carbocycles. The van der Waals surface area contributed by atoms with E-state index >= 15 is 0 Å². The summed E-state index contributed by atoms with van der Waals surface area (Å²) < 4.78 is 4.64. The van der Waals surface area contributed by atoms with Gasteiger partial charge in [-0.3, -0.25) is 4.18 Å². The van der Waals surface area contributed by atoms with Crippen molar-refractivity contribution >= 4 is 16.5 Å². The molecule has 0 aromatic rings. The Labute approximate surface area is 55.2 Å². The number of carbonyl (C=O) groups excluding carboxylic acids is 1. The Hall–Kier alpha value is -0.900. The van der Waals surface area contributed by atoms with Gasteiger partial charge in [0.2, 0.25) is 0 Å². The van der Waals surface area contributed by atoms with Crippen LogP contribution in [0.2, 0.25) is 0 Å². The zero-order valence-electron chi connectivity index (χ0n) is 4.44. The molecule has 0 aromatic heterocycles. The molecule has 1 heterocycles. The fourth-order valence-electron chi connectivity index (χ4n) is 0.381. The molecule has 4 heteroatoms. The quantitative estimate of drug-likeness (QED) is 0.447. The first kappa shape index (κ1) is 6.22. The minimum atomic E-state index is -1.18. The Kier molecular flexibility index (Phi) is 1.79. The second-order valence-electron chi connectivity index (χ2n) is 1.30. The molecule has 9 heavy (non-hydrogen) atoms. The monoisotopic (exact) mass is 144 g/mol. The van der Waals surface area contributed by atoms with E-state index in [1.807, 2.05) is 0 Å². The van der Waals surface area contributed by atoms with Crippen LogP contribution in [0.1, 0.15) is 0 Å². The predicted molar refractivity (Wildman–Crippen MR) is 32.1 cm³/mol. The summed E-state index contributed by atoms with van der Waals surface area (Å²) in [5, 5.41) is 10.3. The third kappa shape index (κ3) is 1.50. The summed E-state index contributed by atoms with van der Waals surface area (Å²) in [6.45, 7) is 0. The van der Waals surface area contributed by atoms with Crippen LogP contribution < -0.4 is 5.11 Å². The van der Waals surface area contributed by atoms with Gasteiger partial charge in [0.05, 0.1) is 0 Å². The maximum atomic E-state index is 10.0. The van der Waals surface area contributed by atoms with Crippen molar-refractivity contribution < 1.29 is 14.1 Å². The van der Waals surface area contributed by atoms with E-state index in [1.165, 1.54) is 11.7 Å². The van der Waals surface area contributed by atoms with Crippen molar-refractivity contribution in [3.05, 3.63) is 23.8 Å². The van der Waals surface area contributed by atoms with E-state index in [4.69, 9.17) is 0 Å². The van der Waals surface area contributed by atoms with Gasteiger partial charge in [-0.05, 0) is 12.2 Å². The molecule has 3 nitrogen and oxygen atoms in total. The Balaban J connectivity index is 2.56. The van der Waals surface area contributed by atoms with E-state index in [2.05, 4.69) is 4.18 Å². The molecule has 0 aromatic carbocycles. The highest BCUT2D eigenvalue weighted by atomic mass is 32.2. The molecule has 0 aliphatic carbocycles. The molecule has 1 atom stereocenters. The van der Waals surface area contributed by atoms with Crippen LogP contribution in [0.25, 0.3) is 0 Å². The first-order valence-corrected chi connectivity index (χ1v) is 3.46. The first-order valence-electron chi connectivity index (χ1n) is 2.25. The molecule has 0 fully saturated rings. The number of allylic oxidation sites excluding steroid dienone is 2. The molecule has 1 aliphatic heterocycles. The molecular weight excluding hydrogens is 140 g/mol. The fourth-order valence-corrected chi connectivity index (χ4v) is 1.05. The smallest absolute Gasteiger partial charge is 0.326 e. The van der Waals surface area contributed by atoms with E-state index in [9.17, 15) is 9.90 Å². The lowest BCUT2D eigenvalue weighted by Crippen LogP contribution is -2.29. The van der Waals surface area contributed by atoms with E-state index < -0.39 is 16.5 Å². The first-order chi connectivity index (χ1) is 4.30. The molecule has 0 N–H and O–H groups in total. The molecule has 48 valence electrons. The normalized spacial score (nSPS) is 23.3. The SMILES string of the molecule is O=C([O-])[S+]1C=CC=CO1. The molecule has 0 spiro atoms. The standard InChI is InChI=1S/C5H4O3S/c6-5(7)9-4-2-1-3-8-9/h1-4H. The van der Waals surface area contributed by atoms with Gasteiger partial charge in [0.15, 0.2) is 11.7 Å². The van der Waals surface area contributed by atoms with Crippen LogP contribution in [0, 0.1) is 0 Å². The minimum absolute atomic E-state index is 1.16. The molecular formula is C5H4O3S. The van der Waals surface area contributed by atoms with Crippen LogP contribution in [-0.2, 0) is 15.4 Å². The van der Waals surface area contributed by atoms with Crippen LogP contribution in [0.5, 0.6) is 0 Å². The number of hydrogen-bond donors (Lipinski definition) is 0. The lowest BCUT2D eigenvalue weighted by Gasteiger charge is -1.99. The van der Waals surface area contributed by atoms with Crippen molar-refractivity contribution in [1.82, 2.24) is 0 Å². The van der Waals surface area contributed by atoms with Crippen molar-refractivity contribution in [3.8, 4) is 0 Å². The van der Waals surface area contributed by atoms with Gasteiger partial charge in [0.1, 0.15) is 0 Å². The van der Waals surface area contributed by atoms with Gasteiger partial charge in [-0.25, -0.2) is 0 Å². The Morgan fingerprint density at radius 3 is 2.67 bits per heavy atom. The van der Waals surface area contributed by atoms with E-state index in [0.717, 1.165) is 0 Å². The van der Waals surface area contributed by atoms with E-state index in [0.29, 0.717) is 0 Å². The Morgan fingerprint density at radius 2 is 2.33 bits per heavy atom. The Bertz CT molecular complexity index is 173. The van der Waals surface area contributed by atoms with Crippen molar-refractivity contribution in [2.45, 2.75) is 0 Å². The van der Waals surface area contributed by atoms with E-state index in [1.54, 1.807) is 12.2 Å². The Morgan fingerprint density at radius 1 is 1.56 bits per heavy atom. The predicted octanol–water partition coefficient (Wildman–Crippen LogP) is -0.0794. The molecule has 0 radical (unpaired) electrons. The van der Waals surface area contributed by atoms with Gasteiger partial charge in [0.25, 0.3) is 11.2 Å². The largest absolute Gasteiger partial charge is 0.501 e. The highest BCUT2D eigenvalue weighted by Crippen LogP contribution is 2.06. The third-order valence-corrected chi connectivity index (χ3v) is 1.77. The van der Waals surface area contributed by atoms with Crippen molar-refractivity contribution in [2.75, 3.05) is 0 Å². The summed E-state index contributed by atoms with van der Waals surface area (Å²) in [6, 6.07) is 0. The maximum absolute atomic E-state index is 10.0. The lowest BCUT2D eigenvalue weighted by molar-refractivity contribution is -0.233. The highest BCUT2D eigenvalue weighted by Gasteiger charge is 2.20. The van der Waals surface area contributed by atoms with Gasteiger partial charge in [-0.2, -0.15) is 0 Å². The lowest BCUT2D eigenvalue weighted by atomic mass is 10.6. The highest BCUT2D eigenvalue weighted by molar-refractivity contribution is 8.08. The summed E-state index contributed by atoms with van der Waals surface area (Å²) in [7, 11) is 0. The summed E-state index contributed by atoms with van der Waals surface area (Å²) in [6.07, 6.45) is 4.56. The molecule has 1 rings (SSSR count). The number of hydrogen-bond acceptors (Lipinski definition) is 3. The number of carbonyl (C=O) groups is 1. The topological polar surface area (TPSA) is 49.4 Å². The van der Waals surface area contributed by atoms with Crippen molar-refractivity contribution in [1.29, 1.82) is 0 Å². The molecule has 0 saturated heterocycles. The second-order valence-corrected chi connectivity index (χ2v) is 2.69. The van der Waals surface area contributed by atoms with Crippen LogP contribution >= 0.6 is 0 Å². The van der Waals surface area contributed by atoms with Gasteiger partial charge in [0, 0.05) is 0 Å². The summed E-state index contributed by atoms with van der Waals surface area (Å²) in [4.78, 5) is 10.0. The molecule has 0 amide bonds. The van der Waals surface area contributed by atoms with Crippen LogP contribution in [0.4, 0.5) is 4.79 Å². The van der Waals surface area contributed by atoms with Crippen molar-refractivity contribution in [2.24, 2.45) is 0 Å². The van der Waals surface area contributed by atoms with Crippen LogP contribution in [0.3, 0.4) is 0 Å².